The Bertz CT molecular complexity index is 410. The van der Waals surface area contributed by atoms with Crippen molar-refractivity contribution >= 4 is 5.91 Å². The summed E-state index contributed by atoms with van der Waals surface area (Å²) in [5.74, 6) is -0.611. The minimum Gasteiger partial charge on any atom is -0.362 e. The summed E-state index contributed by atoms with van der Waals surface area (Å²) < 4.78 is 39.8. The SMILES string of the molecule is NCC(Cc1ccccc1)NC(=O)COCC(F)(F)F. The lowest BCUT2D eigenvalue weighted by Gasteiger charge is -2.17. The molecule has 0 spiro atoms. The van der Waals surface area contributed by atoms with Gasteiger partial charge in [-0.05, 0) is 12.0 Å². The third kappa shape index (κ3) is 7.10. The molecule has 20 heavy (non-hydrogen) atoms. The van der Waals surface area contributed by atoms with Crippen LogP contribution in [-0.2, 0) is 16.0 Å². The van der Waals surface area contributed by atoms with Gasteiger partial charge >= 0.3 is 6.18 Å². The molecule has 0 fully saturated rings. The maximum atomic E-state index is 11.8. The Hall–Kier alpha value is -1.60. The largest absolute Gasteiger partial charge is 0.411 e. The van der Waals surface area contributed by atoms with Crippen LogP contribution in [0.5, 0.6) is 0 Å². The topological polar surface area (TPSA) is 64.3 Å². The Morgan fingerprint density at radius 1 is 1.30 bits per heavy atom. The van der Waals surface area contributed by atoms with Crippen molar-refractivity contribution in [3.05, 3.63) is 35.9 Å². The Morgan fingerprint density at radius 3 is 2.50 bits per heavy atom. The Kier molecular flexibility index (Phi) is 6.47. The number of amides is 1. The summed E-state index contributed by atoms with van der Waals surface area (Å²) in [7, 11) is 0. The third-order valence-corrected chi connectivity index (χ3v) is 2.47. The van der Waals surface area contributed by atoms with E-state index in [2.05, 4.69) is 10.1 Å². The number of carbonyl (C=O) groups is 1. The number of nitrogens with two attached hydrogens (primary N) is 1. The first-order valence-corrected chi connectivity index (χ1v) is 6.08. The molecule has 0 aliphatic rings. The van der Waals surface area contributed by atoms with Crippen LogP contribution in [0, 0.1) is 0 Å². The van der Waals surface area contributed by atoms with Crippen LogP contribution >= 0.6 is 0 Å². The molecular formula is C13H17F3N2O2. The van der Waals surface area contributed by atoms with Crippen LogP contribution in [0.15, 0.2) is 30.3 Å². The van der Waals surface area contributed by atoms with Gasteiger partial charge in [0.1, 0.15) is 13.2 Å². The normalized spacial score (nSPS) is 13.0. The summed E-state index contributed by atoms with van der Waals surface area (Å²) in [5, 5.41) is 2.55. The maximum absolute atomic E-state index is 11.8. The van der Waals surface area contributed by atoms with Crippen molar-refractivity contribution in [2.75, 3.05) is 19.8 Å². The van der Waals surface area contributed by atoms with Gasteiger partial charge in [-0.3, -0.25) is 4.79 Å². The molecule has 1 unspecified atom stereocenters. The molecule has 0 bridgehead atoms. The zero-order valence-electron chi connectivity index (χ0n) is 10.8. The molecule has 0 saturated heterocycles. The smallest absolute Gasteiger partial charge is 0.362 e. The second-order valence-electron chi connectivity index (χ2n) is 4.30. The fourth-order valence-corrected chi connectivity index (χ4v) is 1.62. The van der Waals surface area contributed by atoms with Crippen LogP contribution < -0.4 is 11.1 Å². The molecule has 1 rings (SSSR count). The molecule has 1 atom stereocenters. The van der Waals surface area contributed by atoms with Crippen molar-refractivity contribution in [1.82, 2.24) is 5.32 Å². The number of nitrogens with one attached hydrogen (secondary N) is 1. The zero-order chi connectivity index (χ0) is 15.0. The Labute approximate surface area is 115 Å². The van der Waals surface area contributed by atoms with Crippen LogP contribution in [0.25, 0.3) is 0 Å². The molecule has 0 heterocycles. The fourth-order valence-electron chi connectivity index (χ4n) is 1.62. The van der Waals surface area contributed by atoms with Gasteiger partial charge in [-0.1, -0.05) is 30.3 Å². The molecule has 0 radical (unpaired) electrons. The molecule has 3 N–H and O–H groups in total. The highest BCUT2D eigenvalue weighted by Gasteiger charge is 2.27. The highest BCUT2D eigenvalue weighted by molar-refractivity contribution is 5.77. The van der Waals surface area contributed by atoms with Crippen molar-refractivity contribution in [2.45, 2.75) is 18.6 Å². The van der Waals surface area contributed by atoms with E-state index in [1.807, 2.05) is 30.3 Å². The van der Waals surface area contributed by atoms with Gasteiger partial charge in [0, 0.05) is 12.6 Å². The monoisotopic (exact) mass is 290 g/mol. The lowest BCUT2D eigenvalue weighted by molar-refractivity contribution is -0.175. The summed E-state index contributed by atoms with van der Waals surface area (Å²) >= 11 is 0. The van der Waals surface area contributed by atoms with Gasteiger partial charge in [0.25, 0.3) is 0 Å². The van der Waals surface area contributed by atoms with Gasteiger partial charge in [0.2, 0.25) is 5.91 Å². The van der Waals surface area contributed by atoms with Crippen LogP contribution in [0.3, 0.4) is 0 Å². The maximum Gasteiger partial charge on any atom is 0.411 e. The van der Waals surface area contributed by atoms with E-state index in [-0.39, 0.29) is 12.6 Å². The molecule has 0 aliphatic heterocycles. The van der Waals surface area contributed by atoms with E-state index in [9.17, 15) is 18.0 Å². The average Bonchev–Trinajstić information content (AvgIpc) is 2.37. The molecular weight excluding hydrogens is 273 g/mol. The lowest BCUT2D eigenvalue weighted by Crippen LogP contribution is -2.43. The van der Waals surface area contributed by atoms with E-state index >= 15 is 0 Å². The van der Waals surface area contributed by atoms with E-state index in [1.165, 1.54) is 0 Å². The Balaban J connectivity index is 2.34. The van der Waals surface area contributed by atoms with E-state index < -0.39 is 25.3 Å². The van der Waals surface area contributed by atoms with Crippen molar-refractivity contribution in [3.63, 3.8) is 0 Å². The van der Waals surface area contributed by atoms with Crippen LogP contribution in [0.1, 0.15) is 5.56 Å². The van der Waals surface area contributed by atoms with Crippen molar-refractivity contribution < 1.29 is 22.7 Å². The van der Waals surface area contributed by atoms with Gasteiger partial charge in [0.05, 0.1) is 0 Å². The van der Waals surface area contributed by atoms with Gasteiger partial charge in [-0.25, -0.2) is 0 Å². The van der Waals surface area contributed by atoms with Crippen LogP contribution in [-0.4, -0.2) is 37.9 Å². The molecule has 112 valence electrons. The highest BCUT2D eigenvalue weighted by atomic mass is 19.4. The average molecular weight is 290 g/mol. The zero-order valence-corrected chi connectivity index (χ0v) is 10.8. The molecule has 1 aromatic carbocycles. The number of hydrogen-bond donors (Lipinski definition) is 2. The first-order valence-electron chi connectivity index (χ1n) is 6.08. The molecule has 0 aromatic heterocycles. The summed E-state index contributed by atoms with van der Waals surface area (Å²) in [6.07, 6.45) is -3.92. The third-order valence-electron chi connectivity index (χ3n) is 2.47. The fraction of sp³-hybridized carbons (Fsp3) is 0.462. The molecule has 1 amide bonds. The molecule has 0 saturated carbocycles. The van der Waals surface area contributed by atoms with E-state index in [0.717, 1.165) is 5.56 Å². The van der Waals surface area contributed by atoms with Gasteiger partial charge in [-0.2, -0.15) is 13.2 Å². The second kappa shape index (κ2) is 7.86. The quantitative estimate of drug-likeness (QED) is 0.794. The van der Waals surface area contributed by atoms with Crippen molar-refractivity contribution in [2.24, 2.45) is 5.73 Å². The number of rotatable bonds is 7. The first-order chi connectivity index (χ1) is 9.40. The minimum absolute atomic E-state index is 0.194. The number of benzene rings is 1. The van der Waals surface area contributed by atoms with Crippen molar-refractivity contribution in [1.29, 1.82) is 0 Å². The number of hydrogen-bond acceptors (Lipinski definition) is 3. The molecule has 4 nitrogen and oxygen atoms in total. The predicted octanol–water partition coefficient (Wildman–Crippen LogP) is 1.25. The lowest BCUT2D eigenvalue weighted by atomic mass is 10.1. The van der Waals surface area contributed by atoms with Crippen LogP contribution in [0.4, 0.5) is 13.2 Å². The van der Waals surface area contributed by atoms with Gasteiger partial charge in [-0.15, -0.1) is 0 Å². The predicted molar refractivity (Wildman–Crippen MR) is 68.0 cm³/mol. The molecule has 1 aromatic rings. The minimum atomic E-state index is -4.43. The summed E-state index contributed by atoms with van der Waals surface area (Å²) in [5.41, 5.74) is 6.52. The number of alkyl halides is 3. The van der Waals surface area contributed by atoms with Crippen LogP contribution in [0.2, 0.25) is 0 Å². The van der Waals surface area contributed by atoms with E-state index in [0.29, 0.717) is 6.42 Å². The summed E-state index contributed by atoms with van der Waals surface area (Å²) in [4.78, 5) is 11.4. The summed E-state index contributed by atoms with van der Waals surface area (Å²) in [6, 6.07) is 9.02. The molecule has 0 aliphatic carbocycles. The standard InChI is InChI=1S/C13H17F3N2O2/c14-13(15,16)9-20-8-12(19)18-11(7-17)6-10-4-2-1-3-5-10/h1-5,11H,6-9,17H2,(H,18,19). The number of halogens is 3. The molecule has 7 heteroatoms. The van der Waals surface area contributed by atoms with Gasteiger partial charge in [0.15, 0.2) is 0 Å². The number of carbonyl (C=O) groups excluding carboxylic acids is 1. The van der Waals surface area contributed by atoms with E-state index in [4.69, 9.17) is 5.73 Å². The van der Waals surface area contributed by atoms with Gasteiger partial charge < -0.3 is 15.8 Å². The Morgan fingerprint density at radius 2 is 1.95 bits per heavy atom. The second-order valence-corrected chi connectivity index (χ2v) is 4.30. The van der Waals surface area contributed by atoms with E-state index in [1.54, 1.807) is 0 Å². The first kappa shape index (κ1) is 16.5. The highest BCUT2D eigenvalue weighted by Crippen LogP contribution is 2.14. The summed E-state index contributed by atoms with van der Waals surface area (Å²) in [6.45, 7) is -1.88. The van der Waals surface area contributed by atoms with Crippen molar-refractivity contribution in [3.8, 4) is 0 Å². The number of ether oxygens (including phenoxy) is 1.